The second-order valence-electron chi connectivity index (χ2n) is 3.55. The molecular weight excluding hydrogens is 208 g/mol. The molecule has 0 saturated heterocycles. The van der Waals surface area contributed by atoms with E-state index in [2.05, 4.69) is 10.3 Å². The van der Waals surface area contributed by atoms with Crippen molar-refractivity contribution in [3.63, 3.8) is 0 Å². The van der Waals surface area contributed by atoms with Crippen molar-refractivity contribution in [2.24, 2.45) is 0 Å². The largest absolute Gasteiger partial charge is 0.449 e. The predicted octanol–water partition coefficient (Wildman–Crippen LogP) is 1.07. The summed E-state index contributed by atoms with van der Waals surface area (Å²) in [5, 5.41) is 2.82. The van der Waals surface area contributed by atoms with Gasteiger partial charge in [-0.05, 0) is 6.42 Å². The Labute approximate surface area is 95.2 Å². The van der Waals surface area contributed by atoms with Crippen LogP contribution in [0, 0.1) is 6.92 Å². The number of carbonyl (C=O) groups excluding carboxylic acids is 1. The molecule has 1 rings (SSSR count). The highest BCUT2D eigenvalue weighted by atomic mass is 16.5. The summed E-state index contributed by atoms with van der Waals surface area (Å²) in [7, 11) is 1.65. The van der Waals surface area contributed by atoms with Crippen LogP contribution in [0.5, 0.6) is 0 Å². The molecule has 16 heavy (non-hydrogen) atoms. The first kappa shape index (κ1) is 12.7. The van der Waals surface area contributed by atoms with Gasteiger partial charge in [0.25, 0.3) is 0 Å². The highest BCUT2D eigenvalue weighted by Gasteiger charge is 2.04. The molecule has 0 fully saturated rings. The molecular formula is C11H18N2O3. The van der Waals surface area contributed by atoms with Gasteiger partial charge in [-0.3, -0.25) is 4.79 Å². The van der Waals surface area contributed by atoms with E-state index < -0.39 is 0 Å². The van der Waals surface area contributed by atoms with E-state index in [1.807, 2.05) is 0 Å². The third kappa shape index (κ3) is 4.93. The Hall–Kier alpha value is -1.36. The van der Waals surface area contributed by atoms with E-state index in [9.17, 15) is 4.79 Å². The minimum absolute atomic E-state index is 0.0387. The molecule has 0 saturated carbocycles. The van der Waals surface area contributed by atoms with Gasteiger partial charge in [0.1, 0.15) is 6.26 Å². The molecule has 1 N–H and O–H groups in total. The summed E-state index contributed by atoms with van der Waals surface area (Å²) in [5.74, 6) is 0.673. The summed E-state index contributed by atoms with van der Waals surface area (Å²) in [6, 6.07) is 0. The van der Waals surface area contributed by atoms with Crippen molar-refractivity contribution < 1.29 is 13.9 Å². The normalized spacial score (nSPS) is 10.4. The smallest absolute Gasteiger partial charge is 0.220 e. The van der Waals surface area contributed by atoms with E-state index in [4.69, 9.17) is 9.15 Å². The molecule has 0 aromatic carbocycles. The van der Waals surface area contributed by atoms with E-state index in [1.54, 1.807) is 20.3 Å². The van der Waals surface area contributed by atoms with Crippen molar-refractivity contribution in [2.75, 3.05) is 20.3 Å². The fourth-order valence-corrected chi connectivity index (χ4v) is 1.30. The zero-order chi connectivity index (χ0) is 11.8. The third-order valence-corrected chi connectivity index (χ3v) is 2.12. The second-order valence-corrected chi connectivity index (χ2v) is 3.55. The summed E-state index contributed by atoms with van der Waals surface area (Å²) >= 11 is 0. The van der Waals surface area contributed by atoms with Crippen LogP contribution in [0.2, 0.25) is 0 Å². The highest BCUT2D eigenvalue weighted by Crippen LogP contribution is 2.03. The molecule has 0 bridgehead atoms. The van der Waals surface area contributed by atoms with Crippen LogP contribution in [0.15, 0.2) is 10.7 Å². The molecule has 1 heterocycles. The first-order chi connectivity index (χ1) is 7.72. The number of aromatic nitrogens is 1. The zero-order valence-electron chi connectivity index (χ0n) is 9.78. The highest BCUT2D eigenvalue weighted by molar-refractivity contribution is 5.76. The number of nitrogens with zero attached hydrogens (tertiary/aromatic N) is 1. The number of nitrogens with one attached hydrogen (secondary N) is 1. The van der Waals surface area contributed by atoms with Gasteiger partial charge in [0.15, 0.2) is 5.89 Å². The van der Waals surface area contributed by atoms with E-state index in [-0.39, 0.29) is 5.91 Å². The number of rotatable bonds is 7. The maximum absolute atomic E-state index is 11.4. The maximum Gasteiger partial charge on any atom is 0.220 e. The van der Waals surface area contributed by atoms with Gasteiger partial charge in [-0.1, -0.05) is 0 Å². The van der Waals surface area contributed by atoms with Crippen LogP contribution >= 0.6 is 0 Å². The van der Waals surface area contributed by atoms with Gasteiger partial charge in [-0.15, -0.1) is 0 Å². The lowest BCUT2D eigenvalue weighted by atomic mass is 10.2. The van der Waals surface area contributed by atoms with E-state index in [0.717, 1.165) is 12.1 Å². The molecule has 0 aliphatic rings. The van der Waals surface area contributed by atoms with E-state index in [1.165, 1.54) is 0 Å². The average Bonchev–Trinajstić information content (AvgIpc) is 2.68. The van der Waals surface area contributed by atoms with Crippen molar-refractivity contribution in [2.45, 2.75) is 26.2 Å². The van der Waals surface area contributed by atoms with Gasteiger partial charge < -0.3 is 14.5 Å². The molecule has 1 amide bonds. The lowest BCUT2D eigenvalue weighted by molar-refractivity contribution is -0.121. The first-order valence-electron chi connectivity index (χ1n) is 5.39. The Kier molecular flexibility index (Phi) is 5.56. The average molecular weight is 226 g/mol. The van der Waals surface area contributed by atoms with Crippen LogP contribution in [0.25, 0.3) is 0 Å². The van der Waals surface area contributed by atoms with Gasteiger partial charge >= 0.3 is 0 Å². The molecule has 5 heteroatoms. The molecule has 1 aromatic rings. The lowest BCUT2D eigenvalue weighted by Gasteiger charge is -2.03. The Morgan fingerprint density at radius 1 is 1.62 bits per heavy atom. The number of hydrogen-bond donors (Lipinski definition) is 1. The van der Waals surface area contributed by atoms with Gasteiger partial charge in [0, 0.05) is 40.0 Å². The van der Waals surface area contributed by atoms with Crippen LogP contribution < -0.4 is 5.32 Å². The number of ether oxygens (including phenoxy) is 1. The van der Waals surface area contributed by atoms with Crippen LogP contribution in [-0.4, -0.2) is 31.2 Å². The lowest BCUT2D eigenvalue weighted by Crippen LogP contribution is -2.25. The zero-order valence-corrected chi connectivity index (χ0v) is 9.78. The standard InChI is InChI=1S/C11H18N2O3/c1-9-13-10(8-16-9)4-5-11(14)12-6-3-7-15-2/h8H,3-7H2,1-2H3,(H,12,14). The van der Waals surface area contributed by atoms with Crippen LogP contribution in [-0.2, 0) is 16.0 Å². The van der Waals surface area contributed by atoms with Crippen molar-refractivity contribution in [3.8, 4) is 0 Å². The van der Waals surface area contributed by atoms with Crippen molar-refractivity contribution in [3.05, 3.63) is 17.8 Å². The topological polar surface area (TPSA) is 64.4 Å². The van der Waals surface area contributed by atoms with Crippen LogP contribution in [0.4, 0.5) is 0 Å². The number of hydrogen-bond acceptors (Lipinski definition) is 4. The molecule has 0 unspecified atom stereocenters. The van der Waals surface area contributed by atoms with Crippen molar-refractivity contribution in [1.82, 2.24) is 10.3 Å². The molecule has 0 aliphatic carbocycles. The first-order valence-corrected chi connectivity index (χ1v) is 5.39. The Morgan fingerprint density at radius 2 is 2.44 bits per heavy atom. The van der Waals surface area contributed by atoms with Gasteiger partial charge in [0.2, 0.25) is 5.91 Å². The monoisotopic (exact) mass is 226 g/mol. The minimum atomic E-state index is 0.0387. The number of methoxy groups -OCH3 is 1. The quantitative estimate of drug-likeness (QED) is 0.706. The predicted molar refractivity (Wildman–Crippen MR) is 59.1 cm³/mol. The van der Waals surface area contributed by atoms with Crippen molar-refractivity contribution in [1.29, 1.82) is 0 Å². The fraction of sp³-hybridized carbons (Fsp3) is 0.636. The summed E-state index contributed by atoms with van der Waals surface area (Å²) in [6.45, 7) is 3.11. The Balaban J connectivity index is 2.10. The van der Waals surface area contributed by atoms with Crippen LogP contribution in [0.3, 0.4) is 0 Å². The Morgan fingerprint density at radius 3 is 3.06 bits per heavy atom. The molecule has 0 radical (unpaired) electrons. The number of aryl methyl sites for hydroxylation is 2. The summed E-state index contributed by atoms with van der Waals surface area (Å²) in [5.41, 5.74) is 0.824. The molecule has 0 aliphatic heterocycles. The third-order valence-electron chi connectivity index (χ3n) is 2.12. The maximum atomic E-state index is 11.4. The van der Waals surface area contributed by atoms with Crippen LogP contribution in [0.1, 0.15) is 24.4 Å². The summed E-state index contributed by atoms with van der Waals surface area (Å²) in [4.78, 5) is 15.5. The summed E-state index contributed by atoms with van der Waals surface area (Å²) in [6.07, 6.45) is 3.49. The Bertz CT molecular complexity index is 323. The molecule has 0 atom stereocenters. The molecule has 90 valence electrons. The van der Waals surface area contributed by atoms with Gasteiger partial charge in [0.05, 0.1) is 5.69 Å². The molecule has 1 aromatic heterocycles. The van der Waals surface area contributed by atoms with Crippen molar-refractivity contribution >= 4 is 5.91 Å². The number of carbonyl (C=O) groups is 1. The molecule has 5 nitrogen and oxygen atoms in total. The van der Waals surface area contributed by atoms with E-state index >= 15 is 0 Å². The SMILES string of the molecule is COCCCNC(=O)CCc1coc(C)n1. The fourth-order valence-electron chi connectivity index (χ4n) is 1.30. The molecule has 0 spiro atoms. The van der Waals surface area contributed by atoms with Gasteiger partial charge in [-0.25, -0.2) is 4.98 Å². The number of amides is 1. The summed E-state index contributed by atoms with van der Waals surface area (Å²) < 4.78 is 9.93. The van der Waals surface area contributed by atoms with E-state index in [0.29, 0.717) is 31.9 Å². The number of oxazole rings is 1. The van der Waals surface area contributed by atoms with Gasteiger partial charge in [-0.2, -0.15) is 0 Å². The second kappa shape index (κ2) is 7.00. The minimum Gasteiger partial charge on any atom is -0.449 e.